The van der Waals surface area contributed by atoms with Crippen molar-refractivity contribution in [3.63, 3.8) is 0 Å². The summed E-state index contributed by atoms with van der Waals surface area (Å²) >= 11 is 0. The number of nitrogens with zero attached hydrogens (tertiary/aromatic N) is 2. The van der Waals surface area contributed by atoms with Crippen LogP contribution in [0.1, 0.15) is 47.2 Å². The molecule has 58 heavy (non-hydrogen) atoms. The second kappa shape index (κ2) is 11.2. The van der Waals surface area contributed by atoms with Crippen molar-refractivity contribution in [2.45, 2.75) is 24.7 Å². The van der Waals surface area contributed by atoms with Gasteiger partial charge < -0.3 is 9.47 Å². The van der Waals surface area contributed by atoms with Gasteiger partial charge in [-0.15, -0.1) is 0 Å². The van der Waals surface area contributed by atoms with E-state index < -0.39 is 5.41 Å². The molecular formula is C56H38N2. The van der Waals surface area contributed by atoms with Gasteiger partial charge in [-0.3, -0.25) is 0 Å². The van der Waals surface area contributed by atoms with Gasteiger partial charge in [-0.2, -0.15) is 0 Å². The van der Waals surface area contributed by atoms with Crippen molar-refractivity contribution >= 4 is 49.6 Å². The van der Waals surface area contributed by atoms with Crippen LogP contribution in [0.25, 0.3) is 60.5 Å². The van der Waals surface area contributed by atoms with E-state index in [1.807, 2.05) is 0 Å². The Labute approximate surface area is 337 Å². The molecule has 0 bridgehead atoms. The van der Waals surface area contributed by atoms with Crippen molar-refractivity contribution in [3.05, 3.63) is 228 Å². The first kappa shape index (κ1) is 32.0. The highest BCUT2D eigenvalue weighted by atomic mass is 15.1. The third-order valence-electron chi connectivity index (χ3n) is 13.8. The molecular weight excluding hydrogens is 701 g/mol. The van der Waals surface area contributed by atoms with E-state index in [9.17, 15) is 0 Å². The zero-order valence-electron chi connectivity index (χ0n) is 32.4. The Morgan fingerprint density at radius 3 is 1.69 bits per heavy atom. The Bertz CT molecular complexity index is 3320. The van der Waals surface area contributed by atoms with Gasteiger partial charge in [0.1, 0.15) is 0 Å². The third-order valence-corrected chi connectivity index (χ3v) is 13.8. The quantitative estimate of drug-likeness (QED) is 0.175. The van der Waals surface area contributed by atoms with Gasteiger partial charge in [0.15, 0.2) is 0 Å². The zero-order valence-corrected chi connectivity index (χ0v) is 32.4. The smallest absolute Gasteiger partial charge is 0.0726 e. The second-order valence-electron chi connectivity index (χ2n) is 16.8. The highest BCUT2D eigenvalue weighted by Gasteiger charge is 2.50. The van der Waals surface area contributed by atoms with Crippen molar-refractivity contribution in [2.24, 2.45) is 0 Å². The van der Waals surface area contributed by atoms with Crippen LogP contribution < -0.4 is 4.90 Å². The van der Waals surface area contributed by atoms with E-state index in [1.165, 1.54) is 105 Å². The molecule has 0 saturated carbocycles. The molecule has 3 aliphatic rings. The van der Waals surface area contributed by atoms with Crippen LogP contribution in [0.3, 0.4) is 0 Å². The van der Waals surface area contributed by atoms with Gasteiger partial charge in [0.25, 0.3) is 0 Å². The van der Waals surface area contributed by atoms with E-state index in [0.717, 1.165) is 5.69 Å². The molecule has 0 unspecified atom stereocenters. The fraction of sp³-hybridized carbons (Fsp3) is 0.0714. The largest absolute Gasteiger partial charge is 0.309 e. The molecule has 1 heterocycles. The molecule has 1 spiro atoms. The lowest BCUT2D eigenvalue weighted by molar-refractivity contribution is 0.660. The summed E-state index contributed by atoms with van der Waals surface area (Å²) in [5.41, 5.74) is 20.0. The average molecular weight is 739 g/mol. The fourth-order valence-electron chi connectivity index (χ4n) is 11.5. The SMILES string of the molecule is CC1(C)c2ccccc2-c2c(N(c3ccccc3)c3ccc4c5c3ccc3c5c5c(cccc5n3-c3ccccc3)C43c4ccccc4-c4ccccc43)cccc21. The lowest BCUT2D eigenvalue weighted by atomic mass is 9.63. The van der Waals surface area contributed by atoms with Crippen molar-refractivity contribution in [2.75, 3.05) is 4.90 Å². The highest BCUT2D eigenvalue weighted by Crippen LogP contribution is 2.63. The summed E-state index contributed by atoms with van der Waals surface area (Å²) in [5, 5.41) is 5.24. The third kappa shape index (κ3) is 3.79. The first-order valence-electron chi connectivity index (χ1n) is 20.5. The van der Waals surface area contributed by atoms with Crippen LogP contribution >= 0.6 is 0 Å². The summed E-state index contributed by atoms with van der Waals surface area (Å²) in [6, 6.07) is 72.8. The van der Waals surface area contributed by atoms with E-state index in [2.05, 4.69) is 217 Å². The van der Waals surface area contributed by atoms with Gasteiger partial charge in [0, 0.05) is 38.5 Å². The number of anilines is 3. The van der Waals surface area contributed by atoms with Crippen LogP contribution in [0.4, 0.5) is 17.1 Å². The minimum absolute atomic E-state index is 0.117. The Balaban J connectivity index is 1.21. The number of para-hydroxylation sites is 2. The average Bonchev–Trinajstić information content (AvgIpc) is 3.86. The minimum atomic E-state index is -0.498. The molecule has 0 atom stereocenters. The van der Waals surface area contributed by atoms with Crippen LogP contribution in [0.5, 0.6) is 0 Å². The summed E-state index contributed by atoms with van der Waals surface area (Å²) in [6.45, 7) is 4.75. The van der Waals surface area contributed by atoms with Crippen molar-refractivity contribution in [1.29, 1.82) is 0 Å². The number of hydrogen-bond donors (Lipinski definition) is 0. The van der Waals surface area contributed by atoms with Gasteiger partial charge in [-0.1, -0.05) is 159 Å². The van der Waals surface area contributed by atoms with Gasteiger partial charge in [0.2, 0.25) is 0 Å². The van der Waals surface area contributed by atoms with Gasteiger partial charge in [-0.25, -0.2) is 0 Å². The topological polar surface area (TPSA) is 8.17 Å². The molecule has 272 valence electrons. The van der Waals surface area contributed by atoms with E-state index in [4.69, 9.17) is 0 Å². The van der Waals surface area contributed by atoms with Crippen molar-refractivity contribution in [3.8, 4) is 27.9 Å². The van der Waals surface area contributed by atoms with Crippen LogP contribution in [-0.4, -0.2) is 4.57 Å². The Kier molecular flexibility index (Phi) is 6.20. The van der Waals surface area contributed by atoms with Gasteiger partial charge >= 0.3 is 0 Å². The minimum Gasteiger partial charge on any atom is -0.309 e. The lowest BCUT2D eigenvalue weighted by Gasteiger charge is -2.39. The number of hydrogen-bond acceptors (Lipinski definition) is 1. The molecule has 0 fully saturated rings. The molecule has 13 rings (SSSR count). The molecule has 2 nitrogen and oxygen atoms in total. The van der Waals surface area contributed by atoms with E-state index in [0.29, 0.717) is 0 Å². The summed E-state index contributed by atoms with van der Waals surface area (Å²) in [5.74, 6) is 0. The summed E-state index contributed by atoms with van der Waals surface area (Å²) in [4.78, 5) is 2.54. The standard InChI is InChI=1S/C56H38N2/c1-55(2)41-24-12-11-23-39(41)51-44(55)27-15-29-48(51)57(35-17-5-3-6-18-35)47-34-32-46-52-40(47)31-33-50-54(52)53-45(28-16-30-49(53)58(50)36-19-7-4-8-20-36)56(46)42-25-13-9-21-37(42)38-22-10-14-26-43(38)56/h3-34H,1-2H3. The summed E-state index contributed by atoms with van der Waals surface area (Å²) in [7, 11) is 0. The first-order chi connectivity index (χ1) is 28.6. The predicted octanol–water partition coefficient (Wildman–Crippen LogP) is 14.4. The Hall–Kier alpha value is -7.16. The van der Waals surface area contributed by atoms with Crippen LogP contribution in [0.2, 0.25) is 0 Å². The molecule has 1 aromatic heterocycles. The highest BCUT2D eigenvalue weighted by molar-refractivity contribution is 6.28. The van der Waals surface area contributed by atoms with Gasteiger partial charge in [-0.05, 0) is 104 Å². The maximum absolute atomic E-state index is 2.54. The Morgan fingerprint density at radius 2 is 0.948 bits per heavy atom. The predicted molar refractivity (Wildman–Crippen MR) is 241 cm³/mol. The van der Waals surface area contributed by atoms with Crippen LogP contribution in [0, 0.1) is 0 Å². The molecule has 9 aromatic carbocycles. The van der Waals surface area contributed by atoms with Crippen LogP contribution in [-0.2, 0) is 10.8 Å². The summed E-state index contributed by atoms with van der Waals surface area (Å²) in [6.07, 6.45) is 0. The number of rotatable bonds is 4. The van der Waals surface area contributed by atoms with Crippen molar-refractivity contribution < 1.29 is 0 Å². The molecule has 0 aliphatic heterocycles. The molecule has 2 heteroatoms. The number of aromatic nitrogens is 1. The van der Waals surface area contributed by atoms with Gasteiger partial charge in [0.05, 0.1) is 27.8 Å². The van der Waals surface area contributed by atoms with Crippen LogP contribution in [0.15, 0.2) is 194 Å². The molecule has 0 saturated heterocycles. The normalized spacial score (nSPS) is 14.7. The molecule has 0 radical (unpaired) electrons. The monoisotopic (exact) mass is 738 g/mol. The lowest BCUT2D eigenvalue weighted by Crippen LogP contribution is -2.30. The molecule has 0 amide bonds. The summed E-state index contributed by atoms with van der Waals surface area (Å²) < 4.78 is 2.49. The molecule has 10 aromatic rings. The Morgan fingerprint density at radius 1 is 0.379 bits per heavy atom. The van der Waals surface area contributed by atoms with Crippen molar-refractivity contribution in [1.82, 2.24) is 4.57 Å². The second-order valence-corrected chi connectivity index (χ2v) is 16.8. The molecule has 0 N–H and O–H groups in total. The van der Waals surface area contributed by atoms with E-state index in [1.54, 1.807) is 0 Å². The molecule has 3 aliphatic carbocycles. The van der Waals surface area contributed by atoms with E-state index in [-0.39, 0.29) is 5.41 Å². The first-order valence-corrected chi connectivity index (χ1v) is 20.5. The maximum Gasteiger partial charge on any atom is 0.0726 e. The zero-order chi connectivity index (χ0) is 38.3. The maximum atomic E-state index is 2.54. The number of fused-ring (bicyclic) bond motifs is 10. The number of benzene rings is 9. The van der Waals surface area contributed by atoms with E-state index >= 15 is 0 Å². The fourth-order valence-corrected chi connectivity index (χ4v) is 11.5.